The van der Waals surface area contributed by atoms with Gasteiger partial charge in [-0.15, -0.1) is 0 Å². The van der Waals surface area contributed by atoms with Crippen molar-refractivity contribution in [3.8, 4) is 11.4 Å². The standard InChI is InChI=1S/C23H24N4O3/c1-14-25-21-9-8-18(30-19-10-11-26(13-19)16-6-7-16)12-20(21)23(29)27(14)17-4-2-15(3-5-17)22(24)28/h2-5,8-9,12,16,19H,6-7,10-11,13H2,1H3,(H2,24,28). The fraction of sp³-hybridized carbons (Fsp3) is 0.348. The molecule has 1 aromatic heterocycles. The number of primary amides is 1. The number of likely N-dealkylation sites (tertiary alicyclic amines) is 1. The molecule has 0 spiro atoms. The summed E-state index contributed by atoms with van der Waals surface area (Å²) in [6.07, 6.45) is 3.77. The van der Waals surface area contributed by atoms with Crippen molar-refractivity contribution in [3.63, 3.8) is 0 Å². The molecular weight excluding hydrogens is 380 g/mol. The second-order valence-electron chi connectivity index (χ2n) is 8.14. The summed E-state index contributed by atoms with van der Waals surface area (Å²) < 4.78 is 7.74. The van der Waals surface area contributed by atoms with Crippen molar-refractivity contribution in [2.45, 2.75) is 38.3 Å². The Hall–Kier alpha value is -3.19. The van der Waals surface area contributed by atoms with Gasteiger partial charge in [0.2, 0.25) is 5.91 Å². The zero-order valence-electron chi connectivity index (χ0n) is 16.9. The quantitative estimate of drug-likeness (QED) is 0.705. The first-order valence-electron chi connectivity index (χ1n) is 10.3. The van der Waals surface area contributed by atoms with Crippen molar-refractivity contribution >= 4 is 16.8 Å². The van der Waals surface area contributed by atoms with Crippen LogP contribution in [0.2, 0.25) is 0 Å². The minimum absolute atomic E-state index is 0.157. The molecule has 30 heavy (non-hydrogen) atoms. The SMILES string of the molecule is Cc1nc2ccc(OC3CCN(C4CC4)C3)cc2c(=O)n1-c1ccc(C(N)=O)cc1. The van der Waals surface area contributed by atoms with Gasteiger partial charge >= 0.3 is 0 Å². The summed E-state index contributed by atoms with van der Waals surface area (Å²) in [6.45, 7) is 3.82. The summed E-state index contributed by atoms with van der Waals surface area (Å²) in [7, 11) is 0. The molecule has 2 heterocycles. The number of nitrogens with zero attached hydrogens (tertiary/aromatic N) is 3. The summed E-state index contributed by atoms with van der Waals surface area (Å²) in [5, 5.41) is 0.508. The zero-order valence-corrected chi connectivity index (χ0v) is 16.9. The number of carbonyl (C=O) groups is 1. The molecule has 0 bridgehead atoms. The van der Waals surface area contributed by atoms with E-state index in [4.69, 9.17) is 10.5 Å². The highest BCUT2D eigenvalue weighted by atomic mass is 16.5. The van der Waals surface area contributed by atoms with Crippen molar-refractivity contribution in [1.82, 2.24) is 14.5 Å². The van der Waals surface area contributed by atoms with Gasteiger partial charge in [-0.25, -0.2) is 4.98 Å². The first-order chi connectivity index (χ1) is 14.5. The smallest absolute Gasteiger partial charge is 0.266 e. The van der Waals surface area contributed by atoms with Crippen molar-refractivity contribution in [2.24, 2.45) is 5.73 Å². The number of ether oxygens (including phenoxy) is 1. The van der Waals surface area contributed by atoms with Crippen LogP contribution in [-0.4, -0.2) is 45.6 Å². The summed E-state index contributed by atoms with van der Waals surface area (Å²) in [5.74, 6) is 0.767. The Balaban J connectivity index is 1.47. The number of fused-ring (bicyclic) bond motifs is 1. The van der Waals surface area contributed by atoms with Crippen LogP contribution in [0.15, 0.2) is 47.3 Å². The highest BCUT2D eigenvalue weighted by molar-refractivity contribution is 5.92. The van der Waals surface area contributed by atoms with Gasteiger partial charge in [0.05, 0.1) is 16.6 Å². The van der Waals surface area contributed by atoms with Crippen LogP contribution < -0.4 is 16.0 Å². The minimum atomic E-state index is -0.504. The van der Waals surface area contributed by atoms with Crippen molar-refractivity contribution in [3.05, 3.63) is 64.2 Å². The Bertz CT molecular complexity index is 1180. The maximum atomic E-state index is 13.3. The predicted octanol–water partition coefficient (Wildman–Crippen LogP) is 2.41. The molecule has 5 rings (SSSR count). The number of aryl methyl sites for hydroxylation is 1. The summed E-state index contributed by atoms with van der Waals surface area (Å²) >= 11 is 0. The molecular formula is C23H24N4O3. The number of hydrogen-bond donors (Lipinski definition) is 1. The largest absolute Gasteiger partial charge is 0.489 e. The maximum absolute atomic E-state index is 13.3. The van der Waals surface area contributed by atoms with Crippen LogP contribution in [-0.2, 0) is 0 Å². The van der Waals surface area contributed by atoms with Crippen molar-refractivity contribution < 1.29 is 9.53 Å². The monoisotopic (exact) mass is 404 g/mol. The average Bonchev–Trinajstić information content (AvgIpc) is 3.48. The second kappa shape index (κ2) is 7.25. The highest BCUT2D eigenvalue weighted by Gasteiger charge is 2.35. The van der Waals surface area contributed by atoms with E-state index in [-0.39, 0.29) is 11.7 Å². The average molecular weight is 404 g/mol. The van der Waals surface area contributed by atoms with E-state index < -0.39 is 5.91 Å². The zero-order chi connectivity index (χ0) is 20.8. The van der Waals surface area contributed by atoms with Crippen LogP contribution in [0.1, 0.15) is 35.4 Å². The molecule has 2 aromatic carbocycles. The van der Waals surface area contributed by atoms with E-state index in [1.165, 1.54) is 12.8 Å². The molecule has 1 unspecified atom stereocenters. The lowest BCUT2D eigenvalue weighted by molar-refractivity contribution is 0.100. The lowest BCUT2D eigenvalue weighted by Crippen LogP contribution is -2.26. The summed E-state index contributed by atoms with van der Waals surface area (Å²) in [4.78, 5) is 31.7. The van der Waals surface area contributed by atoms with Gasteiger partial charge in [0.1, 0.15) is 17.7 Å². The second-order valence-corrected chi connectivity index (χ2v) is 8.14. The van der Waals surface area contributed by atoms with E-state index in [1.807, 2.05) is 12.1 Å². The van der Waals surface area contributed by atoms with Gasteiger partial charge in [-0.3, -0.25) is 19.1 Å². The van der Waals surface area contributed by atoms with Gasteiger partial charge in [-0.1, -0.05) is 0 Å². The molecule has 1 amide bonds. The third-order valence-corrected chi connectivity index (χ3v) is 5.96. The summed E-state index contributed by atoms with van der Waals surface area (Å²) in [6, 6.07) is 12.9. The minimum Gasteiger partial charge on any atom is -0.489 e. The molecule has 0 radical (unpaired) electrons. The molecule has 1 saturated carbocycles. The van der Waals surface area contributed by atoms with E-state index >= 15 is 0 Å². The Morgan fingerprint density at radius 3 is 2.60 bits per heavy atom. The molecule has 1 saturated heterocycles. The number of aromatic nitrogens is 2. The van der Waals surface area contributed by atoms with Gasteiger partial charge in [-0.2, -0.15) is 0 Å². The fourth-order valence-electron chi connectivity index (χ4n) is 4.24. The maximum Gasteiger partial charge on any atom is 0.266 e. The Kier molecular flexibility index (Phi) is 4.55. The normalized spacial score (nSPS) is 19.3. The van der Waals surface area contributed by atoms with Gasteiger partial charge in [0, 0.05) is 24.7 Å². The molecule has 1 aliphatic carbocycles. The molecule has 154 valence electrons. The van der Waals surface area contributed by atoms with Crippen LogP contribution in [0.3, 0.4) is 0 Å². The molecule has 2 N–H and O–H groups in total. The number of hydrogen-bond acceptors (Lipinski definition) is 5. The Labute approximate surface area is 174 Å². The van der Waals surface area contributed by atoms with Crippen LogP contribution in [0.4, 0.5) is 0 Å². The van der Waals surface area contributed by atoms with Crippen LogP contribution in [0, 0.1) is 6.92 Å². The molecule has 7 nitrogen and oxygen atoms in total. The van der Waals surface area contributed by atoms with Crippen LogP contribution >= 0.6 is 0 Å². The molecule has 3 aromatic rings. The Morgan fingerprint density at radius 1 is 1.13 bits per heavy atom. The lowest BCUT2D eigenvalue weighted by Gasteiger charge is -2.17. The highest BCUT2D eigenvalue weighted by Crippen LogP contribution is 2.31. The van der Waals surface area contributed by atoms with Gasteiger partial charge < -0.3 is 10.5 Å². The van der Waals surface area contributed by atoms with Gasteiger partial charge in [0.25, 0.3) is 5.56 Å². The molecule has 2 aliphatic rings. The third-order valence-electron chi connectivity index (χ3n) is 5.96. The fourth-order valence-corrected chi connectivity index (χ4v) is 4.24. The lowest BCUT2D eigenvalue weighted by atomic mass is 10.2. The van der Waals surface area contributed by atoms with Crippen LogP contribution in [0.5, 0.6) is 5.75 Å². The van der Waals surface area contributed by atoms with Crippen molar-refractivity contribution in [1.29, 1.82) is 0 Å². The number of nitrogens with two attached hydrogens (primary N) is 1. The van der Waals surface area contributed by atoms with E-state index in [0.717, 1.165) is 25.6 Å². The molecule has 7 heteroatoms. The number of rotatable bonds is 5. The number of benzene rings is 2. The van der Waals surface area contributed by atoms with E-state index in [9.17, 15) is 9.59 Å². The van der Waals surface area contributed by atoms with Gasteiger partial charge in [0.15, 0.2) is 0 Å². The predicted molar refractivity (Wildman–Crippen MR) is 114 cm³/mol. The summed E-state index contributed by atoms with van der Waals surface area (Å²) in [5.41, 5.74) is 6.82. The van der Waals surface area contributed by atoms with Crippen molar-refractivity contribution in [2.75, 3.05) is 13.1 Å². The number of amides is 1. The van der Waals surface area contributed by atoms with E-state index in [0.29, 0.717) is 33.7 Å². The van der Waals surface area contributed by atoms with Crippen LogP contribution in [0.25, 0.3) is 16.6 Å². The first kappa shape index (κ1) is 18.8. The number of carbonyl (C=O) groups excluding carboxylic acids is 1. The Morgan fingerprint density at radius 2 is 1.90 bits per heavy atom. The van der Waals surface area contributed by atoms with E-state index in [2.05, 4.69) is 9.88 Å². The topological polar surface area (TPSA) is 90.4 Å². The molecule has 1 aliphatic heterocycles. The third kappa shape index (κ3) is 3.45. The molecule has 1 atom stereocenters. The molecule has 2 fully saturated rings. The van der Waals surface area contributed by atoms with E-state index in [1.54, 1.807) is 41.8 Å². The first-order valence-corrected chi connectivity index (χ1v) is 10.3. The van der Waals surface area contributed by atoms with Gasteiger partial charge in [-0.05, 0) is 68.7 Å².